The highest BCUT2D eigenvalue weighted by atomic mass is 16.2. The van der Waals surface area contributed by atoms with E-state index in [1.807, 2.05) is 24.3 Å². The Morgan fingerprint density at radius 1 is 1.50 bits per heavy atom. The lowest BCUT2D eigenvalue weighted by atomic mass is 10.1. The molecule has 4 nitrogen and oxygen atoms in total. The summed E-state index contributed by atoms with van der Waals surface area (Å²) in [5, 5.41) is 5.20. The molecule has 16 heavy (non-hydrogen) atoms. The first kappa shape index (κ1) is 12.1. The van der Waals surface area contributed by atoms with Crippen LogP contribution in [0.2, 0.25) is 0 Å². The average Bonchev–Trinajstić information content (AvgIpc) is 2.34. The fraction of sp³-hybridized carbons (Fsp3) is 0.250. The van der Waals surface area contributed by atoms with Gasteiger partial charge >= 0.3 is 6.03 Å². The summed E-state index contributed by atoms with van der Waals surface area (Å²) in [6, 6.07) is 7.48. The zero-order chi connectivity index (χ0) is 11.8. The molecular weight excluding hydrogens is 202 g/mol. The van der Waals surface area contributed by atoms with E-state index in [2.05, 4.69) is 22.5 Å². The predicted molar refractivity (Wildman–Crippen MR) is 63.7 cm³/mol. The normalized spacial score (nSPS) is 8.88. The molecule has 0 fully saturated rings. The minimum atomic E-state index is -0.196. The van der Waals surface area contributed by atoms with E-state index in [1.54, 1.807) is 7.05 Å². The summed E-state index contributed by atoms with van der Waals surface area (Å²) in [6.45, 7) is 0.832. The van der Waals surface area contributed by atoms with Crippen molar-refractivity contribution in [3.8, 4) is 11.8 Å². The lowest BCUT2D eigenvalue weighted by molar-refractivity contribution is 0.242. The number of amides is 2. The molecule has 0 spiro atoms. The van der Waals surface area contributed by atoms with Crippen LogP contribution in [-0.4, -0.2) is 19.6 Å². The van der Waals surface area contributed by atoms with Crippen molar-refractivity contribution in [2.45, 2.75) is 6.54 Å². The molecule has 0 atom stereocenters. The van der Waals surface area contributed by atoms with Gasteiger partial charge in [-0.05, 0) is 17.7 Å². The Hall–Kier alpha value is -1.99. The zero-order valence-corrected chi connectivity index (χ0v) is 9.21. The van der Waals surface area contributed by atoms with Gasteiger partial charge in [0.15, 0.2) is 0 Å². The van der Waals surface area contributed by atoms with Crippen molar-refractivity contribution in [2.24, 2.45) is 5.73 Å². The fourth-order valence-corrected chi connectivity index (χ4v) is 1.18. The molecule has 0 radical (unpaired) electrons. The van der Waals surface area contributed by atoms with Gasteiger partial charge in [-0.1, -0.05) is 24.0 Å². The molecular formula is C12H15N3O. The molecule has 0 saturated heterocycles. The van der Waals surface area contributed by atoms with Crippen LogP contribution in [0.3, 0.4) is 0 Å². The quantitative estimate of drug-likeness (QED) is 0.629. The van der Waals surface area contributed by atoms with Crippen LogP contribution in [-0.2, 0) is 6.54 Å². The summed E-state index contributed by atoms with van der Waals surface area (Å²) in [6.07, 6.45) is 0. The lowest BCUT2D eigenvalue weighted by Crippen LogP contribution is -2.32. The number of urea groups is 1. The summed E-state index contributed by atoms with van der Waals surface area (Å²) >= 11 is 0. The highest BCUT2D eigenvalue weighted by Gasteiger charge is 1.97. The second kappa shape index (κ2) is 6.49. The first-order valence-electron chi connectivity index (χ1n) is 4.99. The van der Waals surface area contributed by atoms with E-state index in [-0.39, 0.29) is 6.03 Å². The van der Waals surface area contributed by atoms with Crippen LogP contribution in [0.4, 0.5) is 4.79 Å². The number of benzene rings is 1. The van der Waals surface area contributed by atoms with Gasteiger partial charge in [0.2, 0.25) is 0 Å². The van der Waals surface area contributed by atoms with Gasteiger partial charge in [0.1, 0.15) is 0 Å². The number of nitrogens with one attached hydrogen (secondary N) is 2. The molecule has 4 heteroatoms. The van der Waals surface area contributed by atoms with E-state index >= 15 is 0 Å². The van der Waals surface area contributed by atoms with Crippen molar-refractivity contribution in [2.75, 3.05) is 13.6 Å². The molecule has 2 amide bonds. The monoisotopic (exact) mass is 217 g/mol. The van der Waals surface area contributed by atoms with Crippen molar-refractivity contribution < 1.29 is 4.79 Å². The zero-order valence-electron chi connectivity index (χ0n) is 9.21. The second-order valence-electron chi connectivity index (χ2n) is 3.14. The third-order valence-electron chi connectivity index (χ3n) is 1.94. The van der Waals surface area contributed by atoms with Gasteiger partial charge in [-0.3, -0.25) is 0 Å². The standard InChI is InChI=1S/C12H15N3O/c1-14-12(16)15-9-11-5-2-4-10(8-11)6-3-7-13/h2,4-5,8H,7,9,13H2,1H3,(H2,14,15,16). The van der Waals surface area contributed by atoms with Gasteiger partial charge in [-0.15, -0.1) is 0 Å². The summed E-state index contributed by atoms with van der Waals surface area (Å²) in [4.78, 5) is 11.0. The summed E-state index contributed by atoms with van der Waals surface area (Å²) in [7, 11) is 1.58. The molecule has 84 valence electrons. The van der Waals surface area contributed by atoms with E-state index in [1.165, 1.54) is 0 Å². The van der Waals surface area contributed by atoms with Gasteiger partial charge < -0.3 is 16.4 Å². The maximum absolute atomic E-state index is 11.0. The highest BCUT2D eigenvalue weighted by molar-refractivity contribution is 5.73. The SMILES string of the molecule is CNC(=O)NCc1cccc(C#CCN)c1. The predicted octanol–water partition coefficient (Wildman–Crippen LogP) is 0.426. The fourth-order valence-electron chi connectivity index (χ4n) is 1.18. The molecule has 0 unspecified atom stereocenters. The molecule has 0 aromatic heterocycles. The maximum atomic E-state index is 11.0. The van der Waals surface area contributed by atoms with Gasteiger partial charge in [-0.25, -0.2) is 4.79 Å². The number of hydrogen-bond donors (Lipinski definition) is 3. The van der Waals surface area contributed by atoms with E-state index in [0.717, 1.165) is 11.1 Å². The molecule has 1 rings (SSSR count). The summed E-state index contributed by atoms with van der Waals surface area (Å²) in [5.74, 6) is 5.73. The Balaban J connectivity index is 2.64. The molecule has 0 heterocycles. The van der Waals surface area contributed by atoms with Crippen molar-refractivity contribution in [1.29, 1.82) is 0 Å². The minimum Gasteiger partial charge on any atom is -0.341 e. The largest absolute Gasteiger partial charge is 0.341 e. The van der Waals surface area contributed by atoms with Crippen LogP contribution in [0.15, 0.2) is 24.3 Å². The summed E-state index contributed by atoms with van der Waals surface area (Å²) in [5.41, 5.74) is 7.20. The van der Waals surface area contributed by atoms with Crippen LogP contribution < -0.4 is 16.4 Å². The van der Waals surface area contributed by atoms with Gasteiger partial charge in [0.25, 0.3) is 0 Å². The van der Waals surface area contributed by atoms with Crippen LogP contribution in [0.1, 0.15) is 11.1 Å². The number of hydrogen-bond acceptors (Lipinski definition) is 2. The van der Waals surface area contributed by atoms with E-state index in [0.29, 0.717) is 13.1 Å². The number of nitrogens with two attached hydrogens (primary N) is 1. The molecule has 1 aromatic carbocycles. The van der Waals surface area contributed by atoms with Crippen molar-refractivity contribution in [1.82, 2.24) is 10.6 Å². The first-order valence-corrected chi connectivity index (χ1v) is 4.99. The Morgan fingerprint density at radius 2 is 2.31 bits per heavy atom. The van der Waals surface area contributed by atoms with E-state index in [4.69, 9.17) is 5.73 Å². The molecule has 0 aliphatic heterocycles. The van der Waals surface area contributed by atoms with Crippen molar-refractivity contribution in [3.05, 3.63) is 35.4 Å². The first-order chi connectivity index (χ1) is 7.76. The van der Waals surface area contributed by atoms with Crippen molar-refractivity contribution >= 4 is 6.03 Å². The molecule has 0 saturated carbocycles. The van der Waals surface area contributed by atoms with Crippen LogP contribution in [0.5, 0.6) is 0 Å². The smallest absolute Gasteiger partial charge is 0.314 e. The Labute approximate surface area is 95.2 Å². The van der Waals surface area contributed by atoms with E-state index < -0.39 is 0 Å². The maximum Gasteiger partial charge on any atom is 0.314 e. The second-order valence-corrected chi connectivity index (χ2v) is 3.14. The molecule has 4 N–H and O–H groups in total. The van der Waals surface area contributed by atoms with E-state index in [9.17, 15) is 4.79 Å². The summed E-state index contributed by atoms with van der Waals surface area (Å²) < 4.78 is 0. The third kappa shape index (κ3) is 4.03. The molecule has 0 bridgehead atoms. The Kier molecular flexibility index (Phi) is 4.90. The van der Waals surface area contributed by atoms with Crippen LogP contribution >= 0.6 is 0 Å². The topological polar surface area (TPSA) is 67.2 Å². The molecule has 0 aliphatic rings. The number of carbonyl (C=O) groups excluding carboxylic acids is 1. The van der Waals surface area contributed by atoms with Gasteiger partial charge in [0.05, 0.1) is 6.54 Å². The average molecular weight is 217 g/mol. The number of carbonyl (C=O) groups is 1. The molecule has 1 aromatic rings. The van der Waals surface area contributed by atoms with Gasteiger partial charge in [-0.2, -0.15) is 0 Å². The number of rotatable bonds is 2. The van der Waals surface area contributed by atoms with Crippen molar-refractivity contribution in [3.63, 3.8) is 0 Å². The third-order valence-corrected chi connectivity index (χ3v) is 1.94. The minimum absolute atomic E-state index is 0.196. The van der Waals surface area contributed by atoms with Crippen LogP contribution in [0.25, 0.3) is 0 Å². The highest BCUT2D eigenvalue weighted by Crippen LogP contribution is 2.03. The van der Waals surface area contributed by atoms with Gasteiger partial charge in [0, 0.05) is 19.2 Å². The van der Waals surface area contributed by atoms with Crippen LogP contribution in [0, 0.1) is 11.8 Å². The Bertz CT molecular complexity index is 418. The molecule has 0 aliphatic carbocycles. The Morgan fingerprint density at radius 3 is 3.00 bits per heavy atom. The lowest BCUT2D eigenvalue weighted by Gasteiger charge is -2.04.